The number of ether oxygens (including phenoxy) is 1. The summed E-state index contributed by atoms with van der Waals surface area (Å²) in [5, 5.41) is 7.69. The molecule has 3 aromatic heterocycles. The smallest absolute Gasteiger partial charge is 0.161 e. The molecular weight excluding hydrogens is 316 g/mol. The van der Waals surface area contributed by atoms with Crippen LogP contribution in [0.2, 0.25) is 0 Å². The van der Waals surface area contributed by atoms with Crippen molar-refractivity contribution in [3.05, 3.63) is 60.7 Å². The first kappa shape index (κ1) is 15.2. The number of anilines is 1. The van der Waals surface area contributed by atoms with E-state index in [1.165, 1.54) is 0 Å². The first-order chi connectivity index (χ1) is 12.2. The first-order valence-electron chi connectivity index (χ1n) is 7.93. The van der Waals surface area contributed by atoms with Crippen LogP contribution in [0.5, 0.6) is 5.75 Å². The summed E-state index contributed by atoms with van der Waals surface area (Å²) < 4.78 is 9.09. The van der Waals surface area contributed by atoms with Crippen molar-refractivity contribution in [1.29, 1.82) is 0 Å². The molecule has 1 aromatic carbocycles. The van der Waals surface area contributed by atoms with Crippen LogP contribution in [0.3, 0.4) is 0 Å². The molecule has 1 N–H and O–H groups in total. The lowest BCUT2D eigenvalue weighted by molar-refractivity contribution is 0.415. The molecule has 0 radical (unpaired) electrons. The Morgan fingerprint density at radius 2 is 1.96 bits per heavy atom. The normalized spacial score (nSPS) is 11.0. The molecule has 7 heteroatoms. The van der Waals surface area contributed by atoms with Gasteiger partial charge in [0.2, 0.25) is 0 Å². The summed E-state index contributed by atoms with van der Waals surface area (Å²) in [7, 11) is 3.66. The van der Waals surface area contributed by atoms with E-state index in [4.69, 9.17) is 4.74 Å². The topological polar surface area (TPSA) is 69.3 Å². The predicted molar refractivity (Wildman–Crippen MR) is 95.5 cm³/mol. The first-order valence-corrected chi connectivity index (χ1v) is 7.93. The monoisotopic (exact) mass is 334 g/mol. The Morgan fingerprint density at radius 3 is 2.76 bits per heavy atom. The summed E-state index contributed by atoms with van der Waals surface area (Å²) in [4.78, 5) is 8.94. The van der Waals surface area contributed by atoms with Gasteiger partial charge < -0.3 is 14.6 Å². The summed E-state index contributed by atoms with van der Waals surface area (Å²) >= 11 is 0. The van der Waals surface area contributed by atoms with Crippen LogP contribution < -0.4 is 10.1 Å². The number of benzene rings is 1. The second kappa shape index (κ2) is 6.27. The van der Waals surface area contributed by atoms with E-state index in [-0.39, 0.29) is 0 Å². The van der Waals surface area contributed by atoms with Crippen molar-refractivity contribution in [1.82, 2.24) is 24.1 Å². The lowest BCUT2D eigenvalue weighted by Crippen LogP contribution is -2.03. The maximum absolute atomic E-state index is 5.18. The molecule has 0 aliphatic rings. The summed E-state index contributed by atoms with van der Waals surface area (Å²) in [6.07, 6.45) is 7.54. The molecule has 4 aromatic rings. The van der Waals surface area contributed by atoms with Crippen molar-refractivity contribution < 1.29 is 4.74 Å². The summed E-state index contributed by atoms with van der Waals surface area (Å²) in [6, 6.07) is 9.56. The number of nitrogens with one attached hydrogen (secondary N) is 1. The molecule has 0 unspecified atom stereocenters. The van der Waals surface area contributed by atoms with Gasteiger partial charge in [-0.1, -0.05) is 0 Å². The minimum Gasteiger partial charge on any atom is -0.497 e. The van der Waals surface area contributed by atoms with Crippen molar-refractivity contribution in [3.8, 4) is 17.1 Å². The van der Waals surface area contributed by atoms with Gasteiger partial charge in [0.1, 0.15) is 17.2 Å². The van der Waals surface area contributed by atoms with Crippen LogP contribution in [0.4, 0.5) is 5.82 Å². The van der Waals surface area contributed by atoms with Gasteiger partial charge in [0, 0.05) is 43.3 Å². The maximum atomic E-state index is 5.18. The second-order valence-corrected chi connectivity index (χ2v) is 5.69. The predicted octanol–water partition coefficient (Wildman–Crippen LogP) is 2.75. The fourth-order valence-electron chi connectivity index (χ4n) is 2.77. The van der Waals surface area contributed by atoms with Crippen molar-refractivity contribution in [2.45, 2.75) is 6.54 Å². The molecule has 3 heterocycles. The molecule has 126 valence electrons. The Bertz CT molecular complexity index is 1000. The number of imidazole rings is 1. The van der Waals surface area contributed by atoms with E-state index in [1.54, 1.807) is 13.3 Å². The van der Waals surface area contributed by atoms with Gasteiger partial charge in [0.15, 0.2) is 5.82 Å². The van der Waals surface area contributed by atoms with Gasteiger partial charge in [-0.2, -0.15) is 5.10 Å². The van der Waals surface area contributed by atoms with Gasteiger partial charge in [-0.05, 0) is 30.3 Å². The summed E-state index contributed by atoms with van der Waals surface area (Å²) in [5.74, 6) is 2.26. The molecule has 0 spiro atoms. The van der Waals surface area contributed by atoms with Crippen LogP contribution in [-0.4, -0.2) is 31.3 Å². The highest BCUT2D eigenvalue weighted by Crippen LogP contribution is 2.20. The van der Waals surface area contributed by atoms with E-state index in [0.29, 0.717) is 12.4 Å². The number of hydrogen-bond donors (Lipinski definition) is 1. The third-order valence-corrected chi connectivity index (χ3v) is 4.07. The number of aromatic nitrogens is 5. The van der Waals surface area contributed by atoms with E-state index >= 15 is 0 Å². The minimum absolute atomic E-state index is 0.639. The van der Waals surface area contributed by atoms with Gasteiger partial charge in [-0.15, -0.1) is 0 Å². The highest BCUT2D eigenvalue weighted by Gasteiger charge is 2.08. The lowest BCUT2D eigenvalue weighted by Gasteiger charge is -2.07. The van der Waals surface area contributed by atoms with Gasteiger partial charge in [0.25, 0.3) is 0 Å². The van der Waals surface area contributed by atoms with Crippen LogP contribution in [0.1, 0.15) is 5.56 Å². The third-order valence-electron chi connectivity index (χ3n) is 4.07. The highest BCUT2D eigenvalue weighted by atomic mass is 16.5. The molecule has 0 saturated heterocycles. The number of fused-ring (bicyclic) bond motifs is 1. The lowest BCUT2D eigenvalue weighted by atomic mass is 10.2. The molecule has 0 aliphatic heterocycles. The second-order valence-electron chi connectivity index (χ2n) is 5.69. The van der Waals surface area contributed by atoms with Crippen LogP contribution >= 0.6 is 0 Å². The zero-order valence-corrected chi connectivity index (χ0v) is 14.0. The van der Waals surface area contributed by atoms with Crippen LogP contribution in [-0.2, 0) is 13.6 Å². The molecule has 0 amide bonds. The van der Waals surface area contributed by atoms with Gasteiger partial charge >= 0.3 is 0 Å². The SMILES string of the molecule is COc1ccc(-c2nccc(NCc3cnn4ccn(C)c34)n2)cc1. The van der Waals surface area contributed by atoms with Crippen molar-refractivity contribution in [2.24, 2.45) is 7.05 Å². The number of methoxy groups -OCH3 is 1. The number of rotatable bonds is 5. The Kier molecular flexibility index (Phi) is 3.81. The van der Waals surface area contributed by atoms with E-state index in [1.807, 2.05) is 65.1 Å². The van der Waals surface area contributed by atoms with E-state index in [9.17, 15) is 0 Å². The molecule has 7 nitrogen and oxygen atoms in total. The Hall–Kier alpha value is -3.35. The van der Waals surface area contributed by atoms with Crippen molar-refractivity contribution in [3.63, 3.8) is 0 Å². The van der Waals surface area contributed by atoms with Gasteiger partial charge in [-0.3, -0.25) is 0 Å². The molecule has 4 rings (SSSR count). The molecule has 0 fully saturated rings. The fraction of sp³-hybridized carbons (Fsp3) is 0.167. The van der Waals surface area contributed by atoms with E-state index in [0.717, 1.165) is 28.3 Å². The Balaban J connectivity index is 1.54. The number of nitrogens with zero attached hydrogens (tertiary/aromatic N) is 5. The van der Waals surface area contributed by atoms with Gasteiger partial charge in [0.05, 0.1) is 13.3 Å². The van der Waals surface area contributed by atoms with Crippen LogP contribution in [0, 0.1) is 0 Å². The average Bonchev–Trinajstić information content (AvgIpc) is 3.23. The summed E-state index contributed by atoms with van der Waals surface area (Å²) in [6.45, 7) is 0.639. The largest absolute Gasteiger partial charge is 0.497 e. The van der Waals surface area contributed by atoms with E-state index in [2.05, 4.69) is 20.4 Å². The zero-order valence-electron chi connectivity index (χ0n) is 14.0. The van der Waals surface area contributed by atoms with E-state index < -0.39 is 0 Å². The van der Waals surface area contributed by atoms with Crippen molar-refractivity contribution in [2.75, 3.05) is 12.4 Å². The molecular formula is C18H18N6O. The standard InChI is InChI=1S/C18H18N6O/c1-23-9-10-24-18(23)14(12-21-24)11-20-16-7-8-19-17(22-16)13-3-5-15(25-2)6-4-13/h3-10,12H,11H2,1-2H3,(H,19,20,22). The van der Waals surface area contributed by atoms with Crippen LogP contribution in [0.25, 0.3) is 17.0 Å². The Labute approximate surface area is 144 Å². The Morgan fingerprint density at radius 1 is 1.12 bits per heavy atom. The average molecular weight is 334 g/mol. The van der Waals surface area contributed by atoms with Crippen LogP contribution in [0.15, 0.2) is 55.1 Å². The maximum Gasteiger partial charge on any atom is 0.161 e. The molecule has 25 heavy (non-hydrogen) atoms. The minimum atomic E-state index is 0.639. The van der Waals surface area contributed by atoms with Gasteiger partial charge in [-0.25, -0.2) is 14.5 Å². The quantitative estimate of drug-likeness (QED) is 0.608. The number of hydrogen-bond acceptors (Lipinski definition) is 5. The summed E-state index contributed by atoms with van der Waals surface area (Å²) in [5.41, 5.74) is 3.12. The molecule has 0 atom stereocenters. The highest BCUT2D eigenvalue weighted by molar-refractivity contribution is 5.58. The van der Waals surface area contributed by atoms with Crippen molar-refractivity contribution >= 4 is 11.5 Å². The molecule has 0 bridgehead atoms. The fourth-order valence-corrected chi connectivity index (χ4v) is 2.77. The zero-order chi connectivity index (χ0) is 17.2. The molecule has 0 saturated carbocycles. The third kappa shape index (κ3) is 2.91. The number of aryl methyl sites for hydroxylation is 1. The molecule has 0 aliphatic carbocycles.